The first kappa shape index (κ1) is 8.89. The third-order valence-electron chi connectivity index (χ3n) is 2.07. The Kier molecular flexibility index (Phi) is 2.05. The molecule has 0 saturated heterocycles. The van der Waals surface area contributed by atoms with Crippen molar-refractivity contribution in [2.24, 2.45) is 0 Å². The molecule has 0 fully saturated rings. The summed E-state index contributed by atoms with van der Waals surface area (Å²) in [5.74, 6) is 0. The van der Waals surface area contributed by atoms with E-state index in [0.29, 0.717) is 11.4 Å². The lowest BCUT2D eigenvalue weighted by atomic mass is 10.2. The average Bonchev–Trinajstić information content (AvgIpc) is 2.23. The van der Waals surface area contributed by atoms with Crippen LogP contribution in [0.2, 0.25) is 0 Å². The number of nitrogens with zero attached hydrogens (tertiary/aromatic N) is 1. The summed E-state index contributed by atoms with van der Waals surface area (Å²) in [4.78, 5) is 0. The Morgan fingerprint density at radius 2 is 2.14 bits per heavy atom. The largest absolute Gasteiger partial charge is 0.623 e. The second-order valence-corrected chi connectivity index (χ2v) is 2.92. The summed E-state index contributed by atoms with van der Waals surface area (Å²) >= 11 is 0. The zero-order valence-corrected chi connectivity index (χ0v) is 7.27. The Morgan fingerprint density at radius 3 is 2.86 bits per heavy atom. The molecule has 2 rings (SSSR count). The van der Waals surface area contributed by atoms with Gasteiger partial charge in [-0.15, -0.1) is 0 Å². The first-order valence-electron chi connectivity index (χ1n) is 4.08. The molecule has 0 amide bonds. The molecule has 1 unspecified atom stereocenters. The van der Waals surface area contributed by atoms with Crippen LogP contribution < -0.4 is 10.1 Å². The molecule has 5 heteroatoms. The van der Waals surface area contributed by atoms with E-state index in [1.165, 1.54) is 6.20 Å². The zero-order chi connectivity index (χ0) is 10.1. The number of anilines is 1. The number of nitrogens with one attached hydrogen (secondary N) is 2. The van der Waals surface area contributed by atoms with Crippen LogP contribution in [-0.4, -0.2) is 11.4 Å². The molecule has 1 aliphatic heterocycles. The fourth-order valence-electron chi connectivity index (χ4n) is 1.38. The quantitative estimate of drug-likeness (QED) is 0.444. The van der Waals surface area contributed by atoms with Gasteiger partial charge in [0, 0.05) is 6.07 Å². The van der Waals surface area contributed by atoms with Crippen molar-refractivity contribution in [2.45, 2.75) is 0 Å². The second kappa shape index (κ2) is 3.22. The number of hydroxylamine groups is 2. The third-order valence-corrected chi connectivity index (χ3v) is 2.07. The Hall–Kier alpha value is -1.69. The molecular formula is C9H9N3O2. The third kappa shape index (κ3) is 1.20. The van der Waals surface area contributed by atoms with E-state index in [1.54, 1.807) is 24.3 Å². The predicted octanol–water partition coefficient (Wildman–Crippen LogP) is 0.401. The van der Waals surface area contributed by atoms with Crippen molar-refractivity contribution in [3.63, 3.8) is 0 Å². The Labute approximate surface area is 80.5 Å². The van der Waals surface area contributed by atoms with Crippen molar-refractivity contribution in [3.8, 4) is 0 Å². The highest BCUT2D eigenvalue weighted by molar-refractivity contribution is 5.77. The Balaban J connectivity index is 2.54. The molecule has 14 heavy (non-hydrogen) atoms. The van der Waals surface area contributed by atoms with E-state index in [1.807, 2.05) is 0 Å². The van der Waals surface area contributed by atoms with E-state index in [4.69, 9.17) is 5.41 Å². The lowest BCUT2D eigenvalue weighted by Gasteiger charge is -2.30. The van der Waals surface area contributed by atoms with Gasteiger partial charge < -0.3 is 15.7 Å². The van der Waals surface area contributed by atoms with E-state index in [2.05, 4.69) is 0 Å². The van der Waals surface area contributed by atoms with Crippen molar-refractivity contribution in [1.29, 1.82) is 5.41 Å². The molecule has 1 heterocycles. The number of hydrogen-bond donors (Lipinski definition) is 3. The van der Waals surface area contributed by atoms with Crippen molar-refractivity contribution in [3.05, 3.63) is 41.4 Å². The van der Waals surface area contributed by atoms with Crippen LogP contribution in [0.3, 0.4) is 0 Å². The summed E-state index contributed by atoms with van der Waals surface area (Å²) in [5.41, 5.74) is 1.03. The minimum Gasteiger partial charge on any atom is -0.623 e. The fraction of sp³-hybridized carbons (Fsp3) is 0. The second-order valence-electron chi connectivity index (χ2n) is 2.92. The van der Waals surface area contributed by atoms with Crippen LogP contribution in [0.15, 0.2) is 36.2 Å². The maximum Gasteiger partial charge on any atom is 0.173 e. The van der Waals surface area contributed by atoms with E-state index < -0.39 is 0 Å². The standard InChI is InChI=1S/C9H9N3O2/c10-5-7-6-11(13)8-3-1-2-4-9(8)12(7)14/h1-6,10,12-13H. The molecule has 1 aromatic rings. The van der Waals surface area contributed by atoms with Crippen LogP contribution in [0.25, 0.3) is 0 Å². The molecule has 0 saturated carbocycles. The van der Waals surface area contributed by atoms with Crippen LogP contribution in [0.5, 0.6) is 0 Å². The van der Waals surface area contributed by atoms with Gasteiger partial charge in [-0.3, -0.25) is 5.21 Å². The van der Waals surface area contributed by atoms with Gasteiger partial charge in [-0.05, 0) is 6.07 Å². The van der Waals surface area contributed by atoms with Crippen molar-refractivity contribution >= 4 is 17.6 Å². The summed E-state index contributed by atoms with van der Waals surface area (Å²) in [7, 11) is 0. The average molecular weight is 191 g/mol. The van der Waals surface area contributed by atoms with Crippen LogP contribution >= 0.6 is 0 Å². The number of quaternary nitrogens is 1. The number of hydrogen-bond acceptors (Lipinski definition) is 4. The summed E-state index contributed by atoms with van der Waals surface area (Å²) in [6, 6.07) is 6.72. The molecule has 1 aliphatic rings. The van der Waals surface area contributed by atoms with Gasteiger partial charge in [-0.2, -0.15) is 0 Å². The maximum atomic E-state index is 11.6. The number of fused-ring (bicyclic) bond motifs is 1. The van der Waals surface area contributed by atoms with Gasteiger partial charge in [0.05, 0.1) is 12.4 Å². The number of allylic oxidation sites excluding steroid dienone is 1. The molecule has 0 bridgehead atoms. The molecule has 0 spiro atoms. The Bertz CT molecular complexity index is 403. The van der Waals surface area contributed by atoms with Crippen molar-refractivity contribution in [2.75, 3.05) is 5.06 Å². The highest BCUT2D eigenvalue weighted by Crippen LogP contribution is 2.24. The monoisotopic (exact) mass is 191 g/mol. The normalized spacial score (nSPS) is 20.0. The summed E-state index contributed by atoms with van der Waals surface area (Å²) in [6.45, 7) is 0. The topological polar surface area (TPSA) is 74.8 Å². The molecule has 1 aromatic carbocycles. The molecular weight excluding hydrogens is 182 g/mol. The molecule has 5 nitrogen and oxygen atoms in total. The van der Waals surface area contributed by atoms with Crippen LogP contribution in [-0.2, 0) is 0 Å². The van der Waals surface area contributed by atoms with Gasteiger partial charge in [-0.1, -0.05) is 12.1 Å². The predicted molar refractivity (Wildman–Crippen MR) is 51.6 cm³/mol. The summed E-state index contributed by atoms with van der Waals surface area (Å²) in [5, 5.41) is 28.7. The minimum atomic E-state index is -0.235. The van der Waals surface area contributed by atoms with Gasteiger partial charge in [0.1, 0.15) is 5.69 Å². The van der Waals surface area contributed by atoms with Crippen LogP contribution in [0.4, 0.5) is 11.4 Å². The number of para-hydroxylation sites is 2. The highest BCUT2D eigenvalue weighted by atomic mass is 16.5. The van der Waals surface area contributed by atoms with E-state index >= 15 is 0 Å². The first-order valence-corrected chi connectivity index (χ1v) is 4.08. The summed E-state index contributed by atoms with van der Waals surface area (Å²) < 4.78 is 0. The smallest absolute Gasteiger partial charge is 0.173 e. The molecule has 0 aromatic heterocycles. The van der Waals surface area contributed by atoms with Crippen LogP contribution in [0, 0.1) is 10.6 Å². The van der Waals surface area contributed by atoms with Gasteiger partial charge in [0.15, 0.2) is 11.4 Å². The lowest BCUT2D eigenvalue weighted by Crippen LogP contribution is -3.01. The number of rotatable bonds is 1. The highest BCUT2D eigenvalue weighted by Gasteiger charge is 2.21. The van der Waals surface area contributed by atoms with E-state index in [0.717, 1.165) is 11.3 Å². The SMILES string of the molecule is N=CC1=CN(O)c2ccccc2[NH+]1[O-]. The van der Waals surface area contributed by atoms with Crippen molar-refractivity contribution in [1.82, 2.24) is 0 Å². The maximum absolute atomic E-state index is 11.6. The van der Waals surface area contributed by atoms with Gasteiger partial charge in [-0.25, -0.2) is 5.06 Å². The van der Waals surface area contributed by atoms with E-state index in [9.17, 15) is 10.4 Å². The fourth-order valence-corrected chi connectivity index (χ4v) is 1.38. The van der Waals surface area contributed by atoms with Crippen LogP contribution in [0.1, 0.15) is 0 Å². The van der Waals surface area contributed by atoms with Gasteiger partial charge >= 0.3 is 0 Å². The molecule has 0 radical (unpaired) electrons. The van der Waals surface area contributed by atoms with Gasteiger partial charge in [0.2, 0.25) is 0 Å². The Morgan fingerprint density at radius 1 is 1.43 bits per heavy atom. The zero-order valence-electron chi connectivity index (χ0n) is 7.27. The molecule has 72 valence electrons. The summed E-state index contributed by atoms with van der Waals surface area (Å²) in [6.07, 6.45) is 2.17. The van der Waals surface area contributed by atoms with Crippen molar-refractivity contribution < 1.29 is 10.3 Å². The first-order chi connectivity index (χ1) is 6.74. The van der Waals surface area contributed by atoms with E-state index in [-0.39, 0.29) is 10.8 Å². The lowest BCUT2D eigenvalue weighted by molar-refractivity contribution is -0.724. The van der Waals surface area contributed by atoms with Gasteiger partial charge in [0.25, 0.3) is 0 Å². The molecule has 1 atom stereocenters. The molecule has 3 N–H and O–H groups in total. The number of benzene rings is 1. The molecule has 0 aliphatic carbocycles. The minimum absolute atomic E-state index is 0.172.